The summed E-state index contributed by atoms with van der Waals surface area (Å²) in [5.74, 6) is 2.33. The minimum absolute atomic E-state index is 0.496. The second-order valence-corrected chi connectivity index (χ2v) is 5.36. The molecule has 21 heavy (non-hydrogen) atoms. The summed E-state index contributed by atoms with van der Waals surface area (Å²) in [6.07, 6.45) is 0.732. The van der Waals surface area contributed by atoms with Crippen LogP contribution in [0.2, 0.25) is 0 Å². The summed E-state index contributed by atoms with van der Waals surface area (Å²) >= 11 is 1.39. The first kappa shape index (κ1) is 13.8. The Kier molecular flexibility index (Phi) is 4.01. The zero-order valence-corrected chi connectivity index (χ0v) is 12.6. The molecule has 0 aliphatic rings. The highest BCUT2D eigenvalue weighted by Crippen LogP contribution is 2.26. The van der Waals surface area contributed by atoms with Gasteiger partial charge in [0, 0.05) is 12.0 Å². The molecule has 0 bridgehead atoms. The summed E-state index contributed by atoms with van der Waals surface area (Å²) in [7, 11) is 0. The highest BCUT2D eigenvalue weighted by molar-refractivity contribution is 7.98. The molecule has 0 unspecified atom stereocenters. The lowest BCUT2D eigenvalue weighted by atomic mass is 10.1. The first-order valence-corrected chi connectivity index (χ1v) is 7.58. The van der Waals surface area contributed by atoms with Crippen LogP contribution in [-0.4, -0.2) is 20.3 Å². The molecule has 0 radical (unpaired) electrons. The van der Waals surface area contributed by atoms with Gasteiger partial charge in [-0.2, -0.15) is 4.98 Å². The number of aryl methyl sites for hydroxylation is 2. The van der Waals surface area contributed by atoms with Crippen molar-refractivity contribution in [3.63, 3.8) is 0 Å². The lowest BCUT2D eigenvalue weighted by Crippen LogP contribution is -1.85. The molecule has 0 N–H and O–H groups in total. The molecule has 2 heterocycles. The van der Waals surface area contributed by atoms with Gasteiger partial charge in [0.15, 0.2) is 5.82 Å². The highest BCUT2D eigenvalue weighted by atomic mass is 32.2. The molecule has 3 rings (SSSR count). The Bertz CT molecular complexity index is 738. The van der Waals surface area contributed by atoms with Crippen LogP contribution >= 0.6 is 11.8 Å². The SMILES string of the molecule is CCc1nc(CSc2nnc(-c3ccccc3C)o2)no1. The minimum Gasteiger partial charge on any atom is -0.411 e. The van der Waals surface area contributed by atoms with E-state index in [1.165, 1.54) is 11.8 Å². The Morgan fingerprint density at radius 1 is 1.19 bits per heavy atom. The average Bonchev–Trinajstić information content (AvgIpc) is 3.14. The first-order valence-electron chi connectivity index (χ1n) is 6.60. The normalized spacial score (nSPS) is 11.0. The summed E-state index contributed by atoms with van der Waals surface area (Å²) in [6.45, 7) is 3.98. The zero-order chi connectivity index (χ0) is 14.7. The van der Waals surface area contributed by atoms with Crippen LogP contribution < -0.4 is 0 Å². The van der Waals surface area contributed by atoms with E-state index in [1.54, 1.807) is 0 Å². The van der Waals surface area contributed by atoms with Crippen LogP contribution in [0.4, 0.5) is 0 Å². The van der Waals surface area contributed by atoms with Gasteiger partial charge in [-0.15, -0.1) is 10.2 Å². The number of benzene rings is 1. The monoisotopic (exact) mass is 302 g/mol. The molecular weight excluding hydrogens is 288 g/mol. The van der Waals surface area contributed by atoms with E-state index in [2.05, 4.69) is 20.3 Å². The third-order valence-corrected chi connectivity index (χ3v) is 3.73. The van der Waals surface area contributed by atoms with Crippen molar-refractivity contribution in [1.82, 2.24) is 20.3 Å². The van der Waals surface area contributed by atoms with Gasteiger partial charge < -0.3 is 8.94 Å². The molecule has 3 aromatic rings. The number of aromatic nitrogens is 4. The predicted octanol–water partition coefficient (Wildman–Crippen LogP) is 3.28. The largest absolute Gasteiger partial charge is 0.411 e. The van der Waals surface area contributed by atoms with E-state index in [1.807, 2.05) is 38.1 Å². The highest BCUT2D eigenvalue weighted by Gasteiger charge is 2.12. The molecular formula is C14H14N4O2S. The number of nitrogens with zero attached hydrogens (tertiary/aromatic N) is 4. The summed E-state index contributed by atoms with van der Waals surface area (Å²) in [5.41, 5.74) is 2.05. The lowest BCUT2D eigenvalue weighted by molar-refractivity contribution is 0.378. The molecule has 0 aliphatic heterocycles. The van der Waals surface area contributed by atoms with Crippen molar-refractivity contribution in [2.24, 2.45) is 0 Å². The van der Waals surface area contributed by atoms with Gasteiger partial charge in [-0.05, 0) is 18.6 Å². The average molecular weight is 302 g/mol. The summed E-state index contributed by atoms with van der Waals surface area (Å²) < 4.78 is 10.7. The van der Waals surface area contributed by atoms with Crippen molar-refractivity contribution >= 4 is 11.8 Å². The van der Waals surface area contributed by atoms with Gasteiger partial charge in [-0.1, -0.05) is 42.0 Å². The van der Waals surface area contributed by atoms with E-state index in [4.69, 9.17) is 8.94 Å². The van der Waals surface area contributed by atoms with Crippen molar-refractivity contribution in [2.75, 3.05) is 0 Å². The smallest absolute Gasteiger partial charge is 0.277 e. The molecule has 0 spiro atoms. The molecule has 0 saturated heterocycles. The molecule has 0 saturated carbocycles. The van der Waals surface area contributed by atoms with Crippen molar-refractivity contribution in [3.05, 3.63) is 41.5 Å². The van der Waals surface area contributed by atoms with Crippen LogP contribution in [0, 0.1) is 6.92 Å². The first-order chi connectivity index (χ1) is 10.3. The Morgan fingerprint density at radius 2 is 2.05 bits per heavy atom. The topological polar surface area (TPSA) is 77.8 Å². The van der Waals surface area contributed by atoms with Gasteiger partial charge in [0.2, 0.25) is 11.8 Å². The van der Waals surface area contributed by atoms with Crippen molar-refractivity contribution in [3.8, 4) is 11.5 Å². The Balaban J connectivity index is 1.69. The van der Waals surface area contributed by atoms with Crippen molar-refractivity contribution < 1.29 is 8.94 Å². The lowest BCUT2D eigenvalue weighted by Gasteiger charge is -1.98. The molecule has 108 valence electrons. The fourth-order valence-electron chi connectivity index (χ4n) is 1.81. The van der Waals surface area contributed by atoms with Crippen molar-refractivity contribution in [2.45, 2.75) is 31.2 Å². The molecule has 0 aliphatic carbocycles. The van der Waals surface area contributed by atoms with E-state index in [9.17, 15) is 0 Å². The van der Waals surface area contributed by atoms with Crippen LogP contribution in [0.25, 0.3) is 11.5 Å². The Hall–Kier alpha value is -2.15. The molecule has 6 nitrogen and oxygen atoms in total. The van der Waals surface area contributed by atoms with Gasteiger partial charge in [0.1, 0.15) is 0 Å². The van der Waals surface area contributed by atoms with E-state index in [-0.39, 0.29) is 0 Å². The maximum absolute atomic E-state index is 5.66. The number of hydrogen-bond donors (Lipinski definition) is 0. The van der Waals surface area contributed by atoms with Crippen molar-refractivity contribution in [1.29, 1.82) is 0 Å². The third-order valence-electron chi connectivity index (χ3n) is 2.92. The second-order valence-electron chi connectivity index (χ2n) is 4.43. The minimum atomic E-state index is 0.496. The Morgan fingerprint density at radius 3 is 2.81 bits per heavy atom. The van der Waals surface area contributed by atoms with E-state index in [0.29, 0.717) is 28.6 Å². The van der Waals surface area contributed by atoms with E-state index >= 15 is 0 Å². The van der Waals surface area contributed by atoms with E-state index < -0.39 is 0 Å². The summed E-state index contributed by atoms with van der Waals surface area (Å²) in [5, 5.41) is 12.5. The van der Waals surface area contributed by atoms with Crippen LogP contribution in [0.3, 0.4) is 0 Å². The van der Waals surface area contributed by atoms with Crippen LogP contribution in [-0.2, 0) is 12.2 Å². The zero-order valence-electron chi connectivity index (χ0n) is 11.7. The number of hydrogen-bond acceptors (Lipinski definition) is 7. The third kappa shape index (κ3) is 3.13. The van der Waals surface area contributed by atoms with Crippen LogP contribution in [0.1, 0.15) is 24.2 Å². The standard InChI is InChI=1S/C14H14N4O2S/c1-3-12-15-11(18-20-12)8-21-14-17-16-13(19-14)10-7-5-4-6-9(10)2/h4-7H,3,8H2,1-2H3. The summed E-state index contributed by atoms with van der Waals surface area (Å²) in [4.78, 5) is 4.23. The molecule has 0 amide bonds. The second kappa shape index (κ2) is 6.09. The van der Waals surface area contributed by atoms with Gasteiger partial charge >= 0.3 is 0 Å². The molecule has 0 atom stereocenters. The van der Waals surface area contributed by atoms with Gasteiger partial charge in [0.05, 0.1) is 5.75 Å². The fraction of sp³-hybridized carbons (Fsp3) is 0.286. The maximum atomic E-state index is 5.66. The van der Waals surface area contributed by atoms with Crippen LogP contribution in [0.15, 0.2) is 38.4 Å². The molecule has 7 heteroatoms. The quantitative estimate of drug-likeness (QED) is 0.669. The fourth-order valence-corrected chi connectivity index (χ4v) is 2.41. The summed E-state index contributed by atoms with van der Waals surface area (Å²) in [6, 6.07) is 7.90. The maximum Gasteiger partial charge on any atom is 0.277 e. The molecule has 0 fully saturated rings. The van der Waals surface area contributed by atoms with E-state index in [0.717, 1.165) is 17.5 Å². The number of thioether (sulfide) groups is 1. The number of rotatable bonds is 5. The van der Waals surface area contributed by atoms with Gasteiger partial charge in [-0.3, -0.25) is 0 Å². The van der Waals surface area contributed by atoms with Gasteiger partial charge in [0.25, 0.3) is 5.22 Å². The Labute approximate surface area is 126 Å². The van der Waals surface area contributed by atoms with Gasteiger partial charge in [-0.25, -0.2) is 0 Å². The van der Waals surface area contributed by atoms with Crippen LogP contribution in [0.5, 0.6) is 0 Å². The molecule has 1 aromatic carbocycles. The predicted molar refractivity (Wildman–Crippen MR) is 77.7 cm³/mol. The molecule has 2 aromatic heterocycles.